The predicted octanol–water partition coefficient (Wildman–Crippen LogP) is 3.17. The molecule has 0 aliphatic heterocycles. The van der Waals surface area contributed by atoms with Crippen LogP contribution < -0.4 is 0 Å². The average molecular weight is 164 g/mol. The molecule has 1 aromatic rings. The van der Waals surface area contributed by atoms with Crippen molar-refractivity contribution in [2.75, 3.05) is 6.61 Å². The summed E-state index contributed by atoms with van der Waals surface area (Å²) in [5.41, 5.74) is 1.28. The summed E-state index contributed by atoms with van der Waals surface area (Å²) in [7, 11) is 0. The third kappa shape index (κ3) is 2.35. The van der Waals surface area contributed by atoms with Gasteiger partial charge in [-0.05, 0) is 18.9 Å². The van der Waals surface area contributed by atoms with Gasteiger partial charge in [-0.1, -0.05) is 37.3 Å². The van der Waals surface area contributed by atoms with Gasteiger partial charge in [0.25, 0.3) is 0 Å². The third-order valence-electron chi connectivity index (χ3n) is 1.91. The maximum atomic E-state index is 5.58. The topological polar surface area (TPSA) is 9.23 Å². The van der Waals surface area contributed by atoms with Gasteiger partial charge in [0, 0.05) is 6.61 Å². The van der Waals surface area contributed by atoms with Gasteiger partial charge in [0.15, 0.2) is 0 Å². The molecular formula is C11H16O. The van der Waals surface area contributed by atoms with E-state index in [1.165, 1.54) is 5.56 Å². The molecule has 0 spiro atoms. The van der Waals surface area contributed by atoms with E-state index in [9.17, 15) is 0 Å². The zero-order valence-corrected chi connectivity index (χ0v) is 7.79. The zero-order chi connectivity index (χ0) is 8.81. The minimum atomic E-state index is 0.274. The molecule has 0 N–H and O–H groups in total. The fraction of sp³-hybridized carbons (Fsp3) is 0.455. The van der Waals surface area contributed by atoms with Crippen molar-refractivity contribution in [1.29, 1.82) is 0 Å². The molecule has 0 radical (unpaired) electrons. The molecule has 1 atom stereocenters. The van der Waals surface area contributed by atoms with E-state index in [-0.39, 0.29) is 6.10 Å². The summed E-state index contributed by atoms with van der Waals surface area (Å²) in [5, 5.41) is 0. The summed E-state index contributed by atoms with van der Waals surface area (Å²) in [4.78, 5) is 0. The lowest BCUT2D eigenvalue weighted by Crippen LogP contribution is -2.02. The number of ether oxygens (including phenoxy) is 1. The van der Waals surface area contributed by atoms with E-state index in [4.69, 9.17) is 4.74 Å². The Hall–Kier alpha value is -0.820. The molecule has 0 fully saturated rings. The van der Waals surface area contributed by atoms with Crippen LogP contribution in [0.25, 0.3) is 0 Å². The maximum absolute atomic E-state index is 5.58. The van der Waals surface area contributed by atoms with Crippen LogP contribution in [0.1, 0.15) is 31.9 Å². The molecule has 0 aliphatic carbocycles. The number of hydrogen-bond acceptors (Lipinski definition) is 1. The molecule has 0 unspecified atom stereocenters. The highest BCUT2D eigenvalue weighted by molar-refractivity contribution is 5.17. The van der Waals surface area contributed by atoms with Gasteiger partial charge >= 0.3 is 0 Å². The molecule has 12 heavy (non-hydrogen) atoms. The highest BCUT2D eigenvalue weighted by Gasteiger charge is 2.06. The fourth-order valence-electron chi connectivity index (χ4n) is 1.32. The van der Waals surface area contributed by atoms with E-state index in [0.717, 1.165) is 13.0 Å². The first-order valence-corrected chi connectivity index (χ1v) is 4.55. The van der Waals surface area contributed by atoms with Crippen molar-refractivity contribution in [3.63, 3.8) is 0 Å². The second-order valence-corrected chi connectivity index (χ2v) is 2.76. The molecular weight excluding hydrogens is 148 g/mol. The first-order valence-electron chi connectivity index (χ1n) is 4.55. The van der Waals surface area contributed by atoms with Crippen LogP contribution >= 0.6 is 0 Å². The Kier molecular flexibility index (Phi) is 3.81. The van der Waals surface area contributed by atoms with E-state index in [1.807, 2.05) is 13.0 Å². The first-order chi connectivity index (χ1) is 5.88. The standard InChI is InChI=1S/C11H16O/c1-3-11(12-4-2)10-8-6-5-7-9-10/h5-9,11H,3-4H2,1-2H3/t11-/m1/s1. The molecule has 0 saturated carbocycles. The summed E-state index contributed by atoms with van der Waals surface area (Å²) in [6, 6.07) is 10.4. The minimum Gasteiger partial charge on any atom is -0.374 e. The minimum absolute atomic E-state index is 0.274. The number of hydrogen-bond donors (Lipinski definition) is 0. The third-order valence-corrected chi connectivity index (χ3v) is 1.91. The van der Waals surface area contributed by atoms with Gasteiger partial charge < -0.3 is 4.74 Å². The summed E-state index contributed by atoms with van der Waals surface area (Å²) in [6.07, 6.45) is 1.31. The quantitative estimate of drug-likeness (QED) is 0.664. The molecule has 0 saturated heterocycles. The average Bonchev–Trinajstić information content (AvgIpc) is 2.15. The second-order valence-electron chi connectivity index (χ2n) is 2.76. The Morgan fingerprint density at radius 1 is 1.17 bits per heavy atom. The van der Waals surface area contributed by atoms with Crippen molar-refractivity contribution in [3.05, 3.63) is 35.9 Å². The van der Waals surface area contributed by atoms with Gasteiger partial charge in [-0.2, -0.15) is 0 Å². The van der Waals surface area contributed by atoms with Crippen LogP contribution in [-0.4, -0.2) is 6.61 Å². The molecule has 1 nitrogen and oxygen atoms in total. The van der Waals surface area contributed by atoms with Crippen LogP contribution in [0, 0.1) is 0 Å². The van der Waals surface area contributed by atoms with Gasteiger partial charge in [0.1, 0.15) is 0 Å². The van der Waals surface area contributed by atoms with Gasteiger partial charge in [-0.15, -0.1) is 0 Å². The molecule has 1 aromatic carbocycles. The van der Waals surface area contributed by atoms with E-state index in [2.05, 4.69) is 31.2 Å². The van der Waals surface area contributed by atoms with Gasteiger partial charge in [0.05, 0.1) is 6.10 Å². The molecule has 66 valence electrons. The normalized spacial score (nSPS) is 12.8. The summed E-state index contributed by atoms with van der Waals surface area (Å²) in [6.45, 7) is 4.96. The van der Waals surface area contributed by atoms with E-state index < -0.39 is 0 Å². The molecule has 0 aromatic heterocycles. The molecule has 1 rings (SSSR count). The Labute approximate surface area is 74.4 Å². The highest BCUT2D eigenvalue weighted by atomic mass is 16.5. The van der Waals surface area contributed by atoms with Gasteiger partial charge in [-0.25, -0.2) is 0 Å². The van der Waals surface area contributed by atoms with Gasteiger partial charge in [0.2, 0.25) is 0 Å². The predicted molar refractivity (Wildman–Crippen MR) is 51.1 cm³/mol. The SMILES string of the molecule is CCO[C@H](CC)c1ccccc1. The second kappa shape index (κ2) is 4.94. The van der Waals surface area contributed by atoms with Crippen LogP contribution in [0.4, 0.5) is 0 Å². The summed E-state index contributed by atoms with van der Waals surface area (Å²) in [5.74, 6) is 0. The van der Waals surface area contributed by atoms with Crippen molar-refractivity contribution in [3.8, 4) is 0 Å². The smallest absolute Gasteiger partial charge is 0.0822 e. The number of rotatable bonds is 4. The fourth-order valence-corrected chi connectivity index (χ4v) is 1.32. The molecule has 1 heteroatoms. The van der Waals surface area contributed by atoms with Crippen LogP contribution in [0.2, 0.25) is 0 Å². The van der Waals surface area contributed by atoms with Crippen LogP contribution in [-0.2, 0) is 4.74 Å². The summed E-state index contributed by atoms with van der Waals surface area (Å²) < 4.78 is 5.58. The van der Waals surface area contributed by atoms with E-state index in [1.54, 1.807) is 0 Å². The largest absolute Gasteiger partial charge is 0.374 e. The first kappa shape index (κ1) is 9.27. The Balaban J connectivity index is 2.66. The Morgan fingerprint density at radius 2 is 1.83 bits per heavy atom. The highest BCUT2D eigenvalue weighted by Crippen LogP contribution is 2.19. The molecule has 0 aliphatic rings. The van der Waals surface area contributed by atoms with Crippen molar-refractivity contribution < 1.29 is 4.74 Å². The molecule has 0 heterocycles. The van der Waals surface area contributed by atoms with Crippen LogP contribution in [0.5, 0.6) is 0 Å². The van der Waals surface area contributed by atoms with Crippen molar-refractivity contribution >= 4 is 0 Å². The van der Waals surface area contributed by atoms with Gasteiger partial charge in [-0.3, -0.25) is 0 Å². The zero-order valence-electron chi connectivity index (χ0n) is 7.79. The van der Waals surface area contributed by atoms with Crippen molar-refractivity contribution in [2.24, 2.45) is 0 Å². The van der Waals surface area contributed by atoms with E-state index >= 15 is 0 Å². The maximum Gasteiger partial charge on any atom is 0.0822 e. The van der Waals surface area contributed by atoms with Crippen molar-refractivity contribution in [2.45, 2.75) is 26.4 Å². The summed E-state index contributed by atoms with van der Waals surface area (Å²) >= 11 is 0. The van der Waals surface area contributed by atoms with Crippen LogP contribution in [0.3, 0.4) is 0 Å². The Bertz CT molecular complexity index is 206. The Morgan fingerprint density at radius 3 is 2.33 bits per heavy atom. The lowest BCUT2D eigenvalue weighted by atomic mass is 10.1. The van der Waals surface area contributed by atoms with Crippen molar-refractivity contribution in [1.82, 2.24) is 0 Å². The molecule has 0 bridgehead atoms. The monoisotopic (exact) mass is 164 g/mol. The molecule has 0 amide bonds. The lowest BCUT2D eigenvalue weighted by molar-refractivity contribution is 0.0598. The van der Waals surface area contributed by atoms with Crippen LogP contribution in [0.15, 0.2) is 30.3 Å². The number of benzene rings is 1. The lowest BCUT2D eigenvalue weighted by Gasteiger charge is -2.14. The van der Waals surface area contributed by atoms with E-state index in [0.29, 0.717) is 0 Å².